The van der Waals surface area contributed by atoms with Crippen LogP contribution in [0, 0.1) is 6.92 Å². The Morgan fingerprint density at radius 2 is 1.74 bits per heavy atom. The molecule has 15 heteroatoms. The minimum absolute atomic E-state index is 0.0465. The lowest BCUT2D eigenvalue weighted by Gasteiger charge is -2.35. The van der Waals surface area contributed by atoms with Crippen LogP contribution in [0.4, 0.5) is 23.0 Å². The third kappa shape index (κ3) is 6.04. The average molecular weight is 662 g/mol. The average Bonchev–Trinajstić information content (AvgIpc) is 3.29. The normalized spacial score (nSPS) is 16.4. The molecule has 1 aromatic carbocycles. The number of morpholine rings is 1. The van der Waals surface area contributed by atoms with Crippen molar-refractivity contribution < 1.29 is 9.53 Å². The topological polar surface area (TPSA) is 161 Å². The standard InChI is InChI=1S/C31H30Cl2N10O3/c1-16-14-42(15-17(2)46-16)26-13-35-11-23(38-26)24-12-37-29(34)28(39-24)22-8-6-20(10-36-22)43(25-9-19(32)5-7-21(25)33)31(45)27-18(3)41(4)40-30(27)44/h5-13,16-17H,14-15H2,1-4H3,(H2,34,37)(H,40,44)/t16-,17+. The predicted octanol–water partition coefficient (Wildman–Crippen LogP) is 4.81. The number of halogens is 2. The quantitative estimate of drug-likeness (QED) is 0.258. The van der Waals surface area contributed by atoms with Gasteiger partial charge >= 0.3 is 0 Å². The minimum Gasteiger partial charge on any atom is -0.382 e. The molecule has 3 N–H and O–H groups in total. The van der Waals surface area contributed by atoms with Gasteiger partial charge in [-0.15, -0.1) is 0 Å². The van der Waals surface area contributed by atoms with Gasteiger partial charge in [-0.1, -0.05) is 23.2 Å². The van der Waals surface area contributed by atoms with E-state index < -0.39 is 11.5 Å². The molecule has 0 spiro atoms. The summed E-state index contributed by atoms with van der Waals surface area (Å²) in [6.45, 7) is 7.10. The molecule has 5 aromatic rings. The largest absolute Gasteiger partial charge is 0.382 e. The van der Waals surface area contributed by atoms with E-state index in [2.05, 4.69) is 25.0 Å². The first kappa shape index (κ1) is 31.1. The molecule has 0 radical (unpaired) electrons. The summed E-state index contributed by atoms with van der Waals surface area (Å²) in [5.74, 6) is 0.252. The molecule has 1 saturated heterocycles. The molecular weight excluding hydrogens is 631 g/mol. The van der Waals surface area contributed by atoms with Crippen molar-refractivity contribution in [3.8, 4) is 22.8 Å². The summed E-state index contributed by atoms with van der Waals surface area (Å²) in [4.78, 5) is 53.0. The maximum atomic E-state index is 14.0. The Labute approximate surface area is 274 Å². The van der Waals surface area contributed by atoms with Crippen molar-refractivity contribution in [1.82, 2.24) is 34.7 Å². The highest BCUT2D eigenvalue weighted by molar-refractivity contribution is 6.36. The highest BCUT2D eigenvalue weighted by Gasteiger charge is 2.28. The van der Waals surface area contributed by atoms with Crippen molar-refractivity contribution in [2.24, 2.45) is 7.05 Å². The van der Waals surface area contributed by atoms with E-state index in [0.717, 1.165) is 0 Å². The number of nitrogens with one attached hydrogen (secondary N) is 1. The van der Waals surface area contributed by atoms with E-state index in [0.29, 0.717) is 58.1 Å². The Morgan fingerprint density at radius 3 is 2.41 bits per heavy atom. The van der Waals surface area contributed by atoms with Gasteiger partial charge in [0.25, 0.3) is 11.5 Å². The first-order valence-corrected chi connectivity index (χ1v) is 15.1. The highest BCUT2D eigenvalue weighted by atomic mass is 35.5. The molecule has 2 atom stereocenters. The van der Waals surface area contributed by atoms with E-state index in [9.17, 15) is 9.59 Å². The van der Waals surface area contributed by atoms with Crippen LogP contribution in [0.3, 0.4) is 0 Å². The van der Waals surface area contributed by atoms with Gasteiger partial charge in [-0.3, -0.25) is 34.2 Å². The van der Waals surface area contributed by atoms with Crippen LogP contribution in [0.2, 0.25) is 10.0 Å². The Hall–Kier alpha value is -4.85. The Morgan fingerprint density at radius 1 is 1.00 bits per heavy atom. The maximum absolute atomic E-state index is 14.0. The predicted molar refractivity (Wildman–Crippen MR) is 177 cm³/mol. The van der Waals surface area contributed by atoms with Crippen molar-refractivity contribution in [3.63, 3.8) is 0 Å². The summed E-state index contributed by atoms with van der Waals surface area (Å²) in [5, 5.41) is 3.21. The van der Waals surface area contributed by atoms with Gasteiger partial charge in [-0.2, -0.15) is 0 Å². The van der Waals surface area contributed by atoms with Crippen molar-refractivity contribution in [1.29, 1.82) is 0 Å². The fourth-order valence-corrected chi connectivity index (χ4v) is 5.74. The number of pyridine rings is 1. The smallest absolute Gasteiger partial charge is 0.277 e. The first-order valence-electron chi connectivity index (χ1n) is 14.4. The molecule has 1 aliphatic heterocycles. The number of aryl methyl sites for hydroxylation is 1. The molecule has 0 bridgehead atoms. The van der Waals surface area contributed by atoms with Crippen LogP contribution in [-0.4, -0.2) is 65.9 Å². The zero-order chi connectivity index (χ0) is 32.7. The van der Waals surface area contributed by atoms with Crippen LogP contribution < -0.4 is 21.1 Å². The van der Waals surface area contributed by atoms with Crippen LogP contribution in [-0.2, 0) is 11.8 Å². The monoisotopic (exact) mass is 660 g/mol. The number of carbonyl (C=O) groups is 1. The van der Waals surface area contributed by atoms with Crippen molar-refractivity contribution in [3.05, 3.63) is 86.8 Å². The second-order valence-corrected chi connectivity index (χ2v) is 11.9. The zero-order valence-corrected chi connectivity index (χ0v) is 26.9. The molecule has 5 heterocycles. The minimum atomic E-state index is -0.609. The molecule has 1 amide bonds. The maximum Gasteiger partial charge on any atom is 0.277 e. The third-order valence-corrected chi connectivity index (χ3v) is 8.16. The number of ether oxygens (including phenoxy) is 1. The van der Waals surface area contributed by atoms with Crippen molar-refractivity contribution in [2.45, 2.75) is 33.0 Å². The van der Waals surface area contributed by atoms with E-state index in [1.54, 1.807) is 56.7 Å². The van der Waals surface area contributed by atoms with Crippen molar-refractivity contribution >= 4 is 52.1 Å². The zero-order valence-electron chi connectivity index (χ0n) is 25.4. The number of carbonyl (C=O) groups excluding carboxylic acids is 1. The number of aromatic amines is 1. The van der Waals surface area contributed by atoms with Gasteiger partial charge in [0.2, 0.25) is 0 Å². The number of nitrogen functional groups attached to an aromatic ring is 1. The number of hydrogen-bond acceptors (Lipinski definition) is 10. The highest BCUT2D eigenvalue weighted by Crippen LogP contribution is 2.36. The lowest BCUT2D eigenvalue weighted by Crippen LogP contribution is -2.45. The van der Waals surface area contributed by atoms with Gasteiger partial charge in [0.1, 0.15) is 28.5 Å². The number of rotatable bonds is 6. The van der Waals surface area contributed by atoms with Gasteiger partial charge in [0, 0.05) is 30.9 Å². The molecule has 6 rings (SSSR count). The summed E-state index contributed by atoms with van der Waals surface area (Å²) in [7, 11) is 1.64. The number of nitrogens with zero attached hydrogens (tertiary/aromatic N) is 8. The van der Waals surface area contributed by atoms with Crippen molar-refractivity contribution in [2.75, 3.05) is 28.6 Å². The number of anilines is 4. The lowest BCUT2D eigenvalue weighted by molar-refractivity contribution is -0.00547. The molecule has 4 aromatic heterocycles. The fourth-order valence-electron chi connectivity index (χ4n) is 5.38. The van der Waals surface area contributed by atoms with Crippen LogP contribution in [0.25, 0.3) is 22.8 Å². The van der Waals surface area contributed by atoms with E-state index in [-0.39, 0.29) is 34.3 Å². The molecule has 0 saturated carbocycles. The number of nitrogens with two attached hydrogens (primary N) is 1. The lowest BCUT2D eigenvalue weighted by atomic mass is 10.1. The van der Waals surface area contributed by atoms with Crippen LogP contribution >= 0.6 is 23.2 Å². The molecule has 46 heavy (non-hydrogen) atoms. The number of H-pyrrole nitrogens is 1. The Bertz CT molecular complexity index is 1990. The van der Waals surface area contributed by atoms with Gasteiger partial charge in [-0.05, 0) is 51.1 Å². The second kappa shape index (κ2) is 12.5. The first-order chi connectivity index (χ1) is 22.0. The summed E-state index contributed by atoms with van der Waals surface area (Å²) < 4.78 is 7.33. The second-order valence-electron chi connectivity index (χ2n) is 11.0. The van der Waals surface area contributed by atoms with Gasteiger partial charge in [0.15, 0.2) is 5.82 Å². The van der Waals surface area contributed by atoms with Crippen LogP contribution in [0.5, 0.6) is 0 Å². The summed E-state index contributed by atoms with van der Waals surface area (Å²) in [5.41, 5.74) is 8.42. The SMILES string of the molecule is Cc1c(C(=O)N(c2ccc(-c3nc(-c4cncc(N5C[C@@H](C)O[C@@H](C)C5)n4)cnc3N)nc2)c2cc(Cl)ccc2Cl)c(=O)[nH]n1C. The Kier molecular flexibility index (Phi) is 8.47. The molecule has 236 valence electrons. The molecule has 0 unspecified atom stereocenters. The number of aromatic nitrogens is 7. The van der Waals surface area contributed by atoms with Gasteiger partial charge in [-0.25, -0.2) is 15.0 Å². The van der Waals surface area contributed by atoms with Crippen LogP contribution in [0.1, 0.15) is 29.9 Å². The summed E-state index contributed by atoms with van der Waals surface area (Å²) in [6, 6.07) is 8.03. The molecule has 1 fully saturated rings. The molecule has 1 aliphatic rings. The molecule has 0 aliphatic carbocycles. The number of hydrogen-bond donors (Lipinski definition) is 2. The molecular formula is C31H30Cl2N10O3. The third-order valence-electron chi connectivity index (χ3n) is 7.60. The fraction of sp³-hybridized carbons (Fsp3) is 0.258. The van der Waals surface area contributed by atoms with Gasteiger partial charge in [0.05, 0.1) is 59.1 Å². The summed E-state index contributed by atoms with van der Waals surface area (Å²) in [6.07, 6.45) is 6.44. The number of amides is 1. The van der Waals surface area contributed by atoms with Crippen LogP contribution in [0.15, 0.2) is 59.9 Å². The van der Waals surface area contributed by atoms with Gasteiger partial charge < -0.3 is 15.4 Å². The van der Waals surface area contributed by atoms with E-state index in [1.807, 2.05) is 13.8 Å². The van der Waals surface area contributed by atoms with E-state index in [4.69, 9.17) is 43.6 Å². The van der Waals surface area contributed by atoms with E-state index >= 15 is 0 Å². The van der Waals surface area contributed by atoms with E-state index in [1.165, 1.54) is 22.0 Å². The molecule has 13 nitrogen and oxygen atoms in total. The number of benzene rings is 1. The Balaban J connectivity index is 1.36. The summed E-state index contributed by atoms with van der Waals surface area (Å²) >= 11 is 12.8.